The summed E-state index contributed by atoms with van der Waals surface area (Å²) < 4.78 is 18.1. The third-order valence-corrected chi connectivity index (χ3v) is 3.32. The number of halogens is 2. The third-order valence-electron chi connectivity index (χ3n) is 2.51. The van der Waals surface area contributed by atoms with Gasteiger partial charge in [-0.1, -0.05) is 13.0 Å². The van der Waals surface area contributed by atoms with E-state index in [1.807, 2.05) is 6.92 Å². The second-order valence-corrected chi connectivity index (χ2v) is 4.70. The van der Waals surface area contributed by atoms with Crippen LogP contribution >= 0.6 is 15.9 Å². The molecule has 0 spiro atoms. The number of amides is 1. The lowest BCUT2D eigenvalue weighted by molar-refractivity contribution is -0.141. The number of benzene rings is 1. The van der Waals surface area contributed by atoms with Crippen molar-refractivity contribution in [2.24, 2.45) is 0 Å². The van der Waals surface area contributed by atoms with Crippen molar-refractivity contribution in [2.75, 3.05) is 20.2 Å². The second kappa shape index (κ2) is 7.23. The van der Waals surface area contributed by atoms with Crippen LogP contribution in [0.4, 0.5) is 4.39 Å². The summed E-state index contributed by atoms with van der Waals surface area (Å²) in [5, 5.41) is 0. The van der Waals surface area contributed by atoms with Crippen LogP contribution in [0.2, 0.25) is 0 Å². The minimum atomic E-state index is -0.514. The van der Waals surface area contributed by atoms with E-state index in [1.165, 1.54) is 30.2 Å². The van der Waals surface area contributed by atoms with Crippen molar-refractivity contribution in [1.82, 2.24) is 4.90 Å². The molecule has 0 fully saturated rings. The maximum Gasteiger partial charge on any atom is 0.325 e. The largest absolute Gasteiger partial charge is 0.468 e. The normalized spacial score (nSPS) is 10.1. The summed E-state index contributed by atoms with van der Waals surface area (Å²) >= 11 is 3.04. The molecule has 0 aliphatic heterocycles. The van der Waals surface area contributed by atoms with Crippen LogP contribution in [0.1, 0.15) is 23.7 Å². The Morgan fingerprint density at radius 1 is 1.42 bits per heavy atom. The number of hydrogen-bond donors (Lipinski definition) is 0. The van der Waals surface area contributed by atoms with Gasteiger partial charge < -0.3 is 9.64 Å². The fourth-order valence-corrected chi connectivity index (χ4v) is 2.02. The monoisotopic (exact) mass is 331 g/mol. The Morgan fingerprint density at radius 3 is 2.68 bits per heavy atom. The first-order chi connectivity index (χ1) is 9.01. The topological polar surface area (TPSA) is 46.6 Å². The first-order valence-electron chi connectivity index (χ1n) is 5.81. The molecule has 0 radical (unpaired) electrons. The van der Waals surface area contributed by atoms with Crippen LogP contribution in [-0.4, -0.2) is 37.0 Å². The van der Waals surface area contributed by atoms with Gasteiger partial charge in [-0.2, -0.15) is 0 Å². The highest BCUT2D eigenvalue weighted by Crippen LogP contribution is 2.22. The lowest BCUT2D eigenvalue weighted by Gasteiger charge is -2.21. The number of nitrogens with zero attached hydrogens (tertiary/aromatic N) is 1. The van der Waals surface area contributed by atoms with Crippen molar-refractivity contribution in [3.63, 3.8) is 0 Å². The zero-order chi connectivity index (χ0) is 14.4. The average molecular weight is 332 g/mol. The Morgan fingerprint density at radius 2 is 2.11 bits per heavy atom. The maximum atomic E-state index is 13.4. The Kier molecular flexibility index (Phi) is 5.95. The molecule has 1 amide bonds. The fourth-order valence-electron chi connectivity index (χ4n) is 1.58. The zero-order valence-corrected chi connectivity index (χ0v) is 12.4. The van der Waals surface area contributed by atoms with Crippen molar-refractivity contribution in [2.45, 2.75) is 13.3 Å². The first kappa shape index (κ1) is 15.6. The summed E-state index contributed by atoms with van der Waals surface area (Å²) in [4.78, 5) is 24.9. The standard InChI is InChI=1S/C13H15BrFNO3/c1-3-7-16(8-11(17)19-2)13(18)9-5-4-6-10(15)12(9)14/h4-6H,3,7-8H2,1-2H3. The van der Waals surface area contributed by atoms with Gasteiger partial charge in [0.25, 0.3) is 5.91 Å². The number of methoxy groups -OCH3 is 1. The van der Waals surface area contributed by atoms with E-state index in [1.54, 1.807) is 0 Å². The van der Waals surface area contributed by atoms with Gasteiger partial charge in [-0.05, 0) is 34.5 Å². The summed E-state index contributed by atoms with van der Waals surface area (Å²) in [6.45, 7) is 2.14. The Labute approximate surface area is 119 Å². The van der Waals surface area contributed by atoms with Crippen LogP contribution < -0.4 is 0 Å². The van der Waals surface area contributed by atoms with Crippen molar-refractivity contribution >= 4 is 27.8 Å². The van der Waals surface area contributed by atoms with Gasteiger partial charge in [0.15, 0.2) is 0 Å². The number of hydrogen-bond acceptors (Lipinski definition) is 3. The molecule has 1 rings (SSSR count). The van der Waals surface area contributed by atoms with E-state index < -0.39 is 17.7 Å². The van der Waals surface area contributed by atoms with Crippen molar-refractivity contribution in [1.29, 1.82) is 0 Å². The van der Waals surface area contributed by atoms with E-state index in [0.717, 1.165) is 0 Å². The molecular weight excluding hydrogens is 317 g/mol. The number of carbonyl (C=O) groups excluding carboxylic acids is 2. The lowest BCUT2D eigenvalue weighted by Crippen LogP contribution is -2.37. The van der Waals surface area contributed by atoms with Gasteiger partial charge >= 0.3 is 5.97 Å². The molecule has 0 saturated heterocycles. The Bertz CT molecular complexity index is 479. The molecule has 0 atom stereocenters. The zero-order valence-electron chi connectivity index (χ0n) is 10.8. The molecule has 0 aliphatic rings. The molecule has 19 heavy (non-hydrogen) atoms. The predicted octanol–water partition coefficient (Wildman–Crippen LogP) is 2.61. The molecule has 0 aromatic heterocycles. The highest BCUT2D eigenvalue weighted by Gasteiger charge is 2.21. The van der Waals surface area contributed by atoms with Crippen molar-refractivity contribution in [3.8, 4) is 0 Å². The van der Waals surface area contributed by atoms with Crippen LogP contribution in [0.3, 0.4) is 0 Å². The molecule has 1 aromatic rings. The molecular formula is C13H15BrFNO3. The van der Waals surface area contributed by atoms with Gasteiger partial charge in [0.05, 0.1) is 17.1 Å². The highest BCUT2D eigenvalue weighted by atomic mass is 79.9. The first-order valence-corrected chi connectivity index (χ1v) is 6.60. The highest BCUT2D eigenvalue weighted by molar-refractivity contribution is 9.10. The fraction of sp³-hybridized carbons (Fsp3) is 0.385. The van der Waals surface area contributed by atoms with Crippen molar-refractivity contribution in [3.05, 3.63) is 34.1 Å². The summed E-state index contributed by atoms with van der Waals surface area (Å²) in [6.07, 6.45) is 0.690. The molecule has 0 bridgehead atoms. The summed E-state index contributed by atoms with van der Waals surface area (Å²) in [5.74, 6) is -1.42. The van der Waals surface area contributed by atoms with Gasteiger partial charge in [0, 0.05) is 6.54 Å². The van der Waals surface area contributed by atoms with Crippen LogP contribution in [0.5, 0.6) is 0 Å². The van der Waals surface area contributed by atoms with E-state index in [0.29, 0.717) is 13.0 Å². The number of carbonyl (C=O) groups is 2. The minimum Gasteiger partial charge on any atom is -0.468 e. The van der Waals surface area contributed by atoms with Crippen LogP contribution in [0.25, 0.3) is 0 Å². The van der Waals surface area contributed by atoms with Gasteiger partial charge in [-0.3, -0.25) is 9.59 Å². The van der Waals surface area contributed by atoms with Gasteiger partial charge in [-0.15, -0.1) is 0 Å². The average Bonchev–Trinajstić information content (AvgIpc) is 2.40. The molecule has 104 valence electrons. The lowest BCUT2D eigenvalue weighted by atomic mass is 10.2. The van der Waals surface area contributed by atoms with Gasteiger partial charge in [-0.25, -0.2) is 4.39 Å². The van der Waals surface area contributed by atoms with Gasteiger partial charge in [0.2, 0.25) is 0 Å². The van der Waals surface area contributed by atoms with Gasteiger partial charge in [0.1, 0.15) is 12.4 Å². The molecule has 6 heteroatoms. The van der Waals surface area contributed by atoms with Crippen LogP contribution in [0.15, 0.2) is 22.7 Å². The molecule has 1 aromatic carbocycles. The Balaban J connectivity index is 2.98. The van der Waals surface area contributed by atoms with Crippen molar-refractivity contribution < 1.29 is 18.7 Å². The predicted molar refractivity (Wildman–Crippen MR) is 72.3 cm³/mol. The quantitative estimate of drug-likeness (QED) is 0.779. The Hall–Kier alpha value is -1.43. The molecule has 0 aliphatic carbocycles. The van der Waals surface area contributed by atoms with E-state index >= 15 is 0 Å². The number of rotatable bonds is 5. The second-order valence-electron chi connectivity index (χ2n) is 3.90. The molecule has 4 nitrogen and oxygen atoms in total. The maximum absolute atomic E-state index is 13.4. The number of ether oxygens (including phenoxy) is 1. The van der Waals surface area contributed by atoms with E-state index in [4.69, 9.17) is 0 Å². The smallest absolute Gasteiger partial charge is 0.325 e. The molecule has 0 heterocycles. The number of esters is 1. The van der Waals surface area contributed by atoms with E-state index in [9.17, 15) is 14.0 Å². The van der Waals surface area contributed by atoms with E-state index in [2.05, 4.69) is 20.7 Å². The van der Waals surface area contributed by atoms with E-state index in [-0.39, 0.29) is 16.6 Å². The SMILES string of the molecule is CCCN(CC(=O)OC)C(=O)c1cccc(F)c1Br. The molecule has 0 unspecified atom stereocenters. The third kappa shape index (κ3) is 4.02. The molecule has 0 saturated carbocycles. The molecule has 0 N–H and O–H groups in total. The van der Waals surface area contributed by atoms with Crippen LogP contribution in [0, 0.1) is 5.82 Å². The summed E-state index contributed by atoms with van der Waals surface area (Å²) in [5.41, 5.74) is 0.192. The van der Waals surface area contributed by atoms with Crippen LogP contribution in [-0.2, 0) is 9.53 Å². The summed E-state index contributed by atoms with van der Waals surface area (Å²) in [7, 11) is 1.26. The summed E-state index contributed by atoms with van der Waals surface area (Å²) in [6, 6.07) is 4.22. The minimum absolute atomic E-state index is 0.103.